The molecule has 3 N–H and O–H groups in total. The van der Waals surface area contributed by atoms with Crippen molar-refractivity contribution in [2.45, 2.75) is 0 Å². The molecule has 0 saturated heterocycles. The minimum Gasteiger partial charge on any atom is -0.495 e. The molecule has 0 spiro atoms. The summed E-state index contributed by atoms with van der Waals surface area (Å²) in [7, 11) is 3.09. The van der Waals surface area contributed by atoms with E-state index in [1.54, 1.807) is 43.4 Å². The van der Waals surface area contributed by atoms with Gasteiger partial charge in [0.25, 0.3) is 17.2 Å². The van der Waals surface area contributed by atoms with Gasteiger partial charge in [0.05, 0.1) is 22.3 Å². The molecule has 30 heavy (non-hydrogen) atoms. The van der Waals surface area contributed by atoms with Gasteiger partial charge < -0.3 is 20.4 Å². The molecular formula is C20H18N4O5S. The molecule has 0 aliphatic carbocycles. The number of hydrogen-bond donors (Lipinski definition) is 3. The third-order valence-corrected chi connectivity index (χ3v) is 5.06. The van der Waals surface area contributed by atoms with Gasteiger partial charge in [0, 0.05) is 19.2 Å². The number of benzene rings is 2. The molecule has 3 rings (SSSR count). The molecule has 0 fully saturated rings. The van der Waals surface area contributed by atoms with Crippen LogP contribution in [0, 0.1) is 10.1 Å². The largest absolute Gasteiger partial charge is 0.495 e. The molecular weight excluding hydrogens is 408 g/mol. The van der Waals surface area contributed by atoms with Crippen LogP contribution in [0.2, 0.25) is 0 Å². The summed E-state index contributed by atoms with van der Waals surface area (Å²) in [5, 5.41) is 16.6. The summed E-state index contributed by atoms with van der Waals surface area (Å²) < 4.78 is 5.85. The van der Waals surface area contributed by atoms with Crippen LogP contribution in [-0.4, -0.2) is 30.0 Å². The Morgan fingerprint density at radius 3 is 2.70 bits per heavy atom. The summed E-state index contributed by atoms with van der Waals surface area (Å²) in [4.78, 5) is 37.8. The Balaban J connectivity index is 1.91. The summed E-state index contributed by atoms with van der Waals surface area (Å²) in [5.74, 6) is 0.0807. The van der Waals surface area contributed by atoms with Gasteiger partial charge in [-0.05, 0) is 29.8 Å². The lowest BCUT2D eigenvalue weighted by Crippen LogP contribution is -2.20. The number of nitro groups is 1. The average molecular weight is 426 g/mol. The van der Waals surface area contributed by atoms with Crippen LogP contribution in [0.3, 0.4) is 0 Å². The molecule has 1 aromatic heterocycles. The molecule has 154 valence electrons. The molecule has 0 aliphatic rings. The Bertz CT molecular complexity index is 1280. The van der Waals surface area contributed by atoms with Crippen LogP contribution in [0.5, 0.6) is 5.75 Å². The lowest BCUT2D eigenvalue weighted by Gasteiger charge is -2.07. The Labute approximate surface area is 174 Å². The SMILES string of the molecule is CNc1ccc(C=c2sc(=CC(=O)Nc3ccccc3OC)[nH]c2=O)cc1[N+](=O)[O-]. The van der Waals surface area contributed by atoms with Crippen LogP contribution in [-0.2, 0) is 4.79 Å². The summed E-state index contributed by atoms with van der Waals surface area (Å²) in [6, 6.07) is 11.6. The third kappa shape index (κ3) is 4.73. The number of carbonyl (C=O) groups is 1. The van der Waals surface area contributed by atoms with Gasteiger partial charge in [-0.15, -0.1) is 11.3 Å². The highest BCUT2D eigenvalue weighted by molar-refractivity contribution is 7.07. The first-order chi connectivity index (χ1) is 14.4. The number of aromatic amines is 1. The molecule has 2 aromatic carbocycles. The number of carbonyl (C=O) groups excluding carboxylic acids is 1. The number of hydrogen-bond acceptors (Lipinski definition) is 7. The topological polar surface area (TPSA) is 126 Å². The lowest BCUT2D eigenvalue weighted by atomic mass is 10.1. The highest BCUT2D eigenvalue weighted by atomic mass is 32.1. The molecule has 10 heteroatoms. The van der Waals surface area contributed by atoms with Crippen LogP contribution in [0.25, 0.3) is 12.2 Å². The van der Waals surface area contributed by atoms with E-state index in [-0.39, 0.29) is 5.69 Å². The number of amides is 1. The zero-order valence-corrected chi connectivity index (χ0v) is 16.9. The van der Waals surface area contributed by atoms with E-state index >= 15 is 0 Å². The van der Waals surface area contributed by atoms with Gasteiger partial charge in [-0.25, -0.2) is 0 Å². The Kier molecular flexibility index (Phi) is 6.28. The number of nitro benzene ring substituents is 1. The second-order valence-electron chi connectivity index (χ2n) is 6.05. The van der Waals surface area contributed by atoms with E-state index in [1.807, 2.05) is 0 Å². The van der Waals surface area contributed by atoms with Crippen molar-refractivity contribution < 1.29 is 14.5 Å². The summed E-state index contributed by atoms with van der Waals surface area (Å²) in [6.07, 6.45) is 2.80. The maximum absolute atomic E-state index is 12.3. The van der Waals surface area contributed by atoms with E-state index < -0.39 is 16.4 Å². The normalized spacial score (nSPS) is 11.9. The Hall–Kier alpha value is -3.92. The summed E-state index contributed by atoms with van der Waals surface area (Å²) >= 11 is 1.07. The van der Waals surface area contributed by atoms with Crippen molar-refractivity contribution in [1.29, 1.82) is 0 Å². The van der Waals surface area contributed by atoms with Crippen LogP contribution < -0.4 is 30.1 Å². The monoisotopic (exact) mass is 426 g/mol. The van der Waals surface area contributed by atoms with Gasteiger partial charge in [-0.2, -0.15) is 0 Å². The van der Waals surface area contributed by atoms with Gasteiger partial charge >= 0.3 is 0 Å². The van der Waals surface area contributed by atoms with Crippen LogP contribution >= 0.6 is 11.3 Å². The molecule has 1 heterocycles. The minimum absolute atomic E-state index is 0.0952. The van der Waals surface area contributed by atoms with Crippen molar-refractivity contribution in [3.05, 3.63) is 77.7 Å². The first-order valence-corrected chi connectivity index (χ1v) is 9.55. The van der Waals surface area contributed by atoms with E-state index in [1.165, 1.54) is 25.3 Å². The van der Waals surface area contributed by atoms with E-state index in [0.29, 0.717) is 31.9 Å². The molecule has 0 unspecified atom stereocenters. The lowest BCUT2D eigenvalue weighted by molar-refractivity contribution is -0.384. The summed E-state index contributed by atoms with van der Waals surface area (Å²) in [5.41, 5.74) is 0.889. The quantitative estimate of drug-likeness (QED) is 0.406. The molecule has 9 nitrogen and oxygen atoms in total. The highest BCUT2D eigenvalue weighted by Gasteiger charge is 2.12. The fourth-order valence-electron chi connectivity index (χ4n) is 2.71. The standard InChI is InChI=1S/C20H18N4O5S/c1-21-13-8-7-12(9-15(13)24(27)28)10-17-20(26)23-19(30-17)11-18(25)22-14-5-3-4-6-16(14)29-2/h3-11,21H,1-2H3,(H,22,25)(H,23,26). The van der Waals surface area contributed by atoms with Gasteiger partial charge in [0.15, 0.2) is 0 Å². The van der Waals surface area contributed by atoms with E-state index in [0.717, 1.165) is 11.3 Å². The van der Waals surface area contributed by atoms with Crippen molar-refractivity contribution in [2.75, 3.05) is 24.8 Å². The average Bonchev–Trinajstić information content (AvgIpc) is 3.06. The number of nitrogens with zero attached hydrogens (tertiary/aromatic N) is 1. The first-order valence-electron chi connectivity index (χ1n) is 8.74. The number of anilines is 2. The second kappa shape index (κ2) is 9.05. The van der Waals surface area contributed by atoms with Crippen LogP contribution in [0.15, 0.2) is 47.3 Å². The molecule has 0 bridgehead atoms. The number of para-hydroxylation sites is 2. The minimum atomic E-state index is -0.497. The summed E-state index contributed by atoms with van der Waals surface area (Å²) in [6.45, 7) is 0. The predicted molar refractivity (Wildman–Crippen MR) is 116 cm³/mol. The molecule has 0 atom stereocenters. The number of H-pyrrole nitrogens is 1. The van der Waals surface area contributed by atoms with E-state index in [9.17, 15) is 19.7 Å². The smallest absolute Gasteiger partial charge is 0.292 e. The fourth-order valence-corrected chi connectivity index (χ4v) is 3.60. The second-order valence-corrected chi connectivity index (χ2v) is 7.13. The van der Waals surface area contributed by atoms with Gasteiger partial charge in [0.2, 0.25) is 0 Å². The van der Waals surface area contributed by atoms with Gasteiger partial charge in [0.1, 0.15) is 16.1 Å². The maximum atomic E-state index is 12.3. The molecule has 0 radical (unpaired) electrons. The Morgan fingerprint density at radius 1 is 1.23 bits per heavy atom. The fraction of sp³-hybridized carbons (Fsp3) is 0.100. The van der Waals surface area contributed by atoms with Gasteiger partial charge in [-0.1, -0.05) is 18.2 Å². The molecule has 1 amide bonds. The van der Waals surface area contributed by atoms with E-state index in [4.69, 9.17) is 4.74 Å². The number of rotatable bonds is 6. The number of thiazole rings is 1. The van der Waals surface area contributed by atoms with Crippen molar-refractivity contribution in [1.82, 2.24) is 4.98 Å². The molecule has 0 aliphatic heterocycles. The van der Waals surface area contributed by atoms with Crippen molar-refractivity contribution in [3.63, 3.8) is 0 Å². The highest BCUT2D eigenvalue weighted by Crippen LogP contribution is 2.25. The predicted octanol–water partition coefficient (Wildman–Crippen LogP) is 1.64. The molecule has 3 aromatic rings. The Morgan fingerprint density at radius 2 is 2.00 bits per heavy atom. The maximum Gasteiger partial charge on any atom is 0.292 e. The number of aromatic nitrogens is 1. The third-order valence-electron chi connectivity index (χ3n) is 4.09. The van der Waals surface area contributed by atoms with Crippen LogP contribution in [0.4, 0.5) is 17.1 Å². The van der Waals surface area contributed by atoms with Crippen molar-refractivity contribution in [3.8, 4) is 5.75 Å². The van der Waals surface area contributed by atoms with Crippen LogP contribution in [0.1, 0.15) is 5.56 Å². The zero-order valence-electron chi connectivity index (χ0n) is 16.1. The van der Waals surface area contributed by atoms with E-state index in [2.05, 4.69) is 15.6 Å². The van der Waals surface area contributed by atoms with Crippen molar-refractivity contribution >= 4 is 46.5 Å². The zero-order chi connectivity index (χ0) is 21.7. The number of ether oxygens (including phenoxy) is 1. The first kappa shape index (κ1) is 20.8. The van der Waals surface area contributed by atoms with Gasteiger partial charge in [-0.3, -0.25) is 19.7 Å². The number of nitrogens with one attached hydrogen (secondary N) is 3. The van der Waals surface area contributed by atoms with Crippen molar-refractivity contribution in [2.24, 2.45) is 0 Å². The molecule has 0 saturated carbocycles. The number of methoxy groups -OCH3 is 1.